The van der Waals surface area contributed by atoms with Gasteiger partial charge in [0.2, 0.25) is 0 Å². The Bertz CT molecular complexity index is 563. The van der Waals surface area contributed by atoms with Crippen molar-refractivity contribution in [3.8, 4) is 0 Å². The maximum Gasteiger partial charge on any atom is 0.123 e. The molecule has 0 radical (unpaired) electrons. The minimum absolute atomic E-state index is 0.139. The molecule has 0 aliphatic heterocycles. The van der Waals surface area contributed by atoms with E-state index in [9.17, 15) is 4.39 Å². The van der Waals surface area contributed by atoms with E-state index in [2.05, 4.69) is 29.8 Å². The van der Waals surface area contributed by atoms with E-state index in [-0.39, 0.29) is 11.2 Å². The second-order valence-corrected chi connectivity index (χ2v) is 6.43. The Balaban J connectivity index is 1.94. The molecule has 0 unspecified atom stereocenters. The molecule has 20 heavy (non-hydrogen) atoms. The van der Waals surface area contributed by atoms with Crippen molar-refractivity contribution in [1.82, 2.24) is 0 Å². The quantitative estimate of drug-likeness (QED) is 0.739. The van der Waals surface area contributed by atoms with Crippen LogP contribution in [0.15, 0.2) is 53.0 Å². The van der Waals surface area contributed by atoms with Gasteiger partial charge in [-0.25, -0.2) is 4.39 Å². The van der Waals surface area contributed by atoms with E-state index in [4.69, 9.17) is 4.74 Å². The van der Waals surface area contributed by atoms with Crippen molar-refractivity contribution in [3.63, 3.8) is 0 Å². The van der Waals surface area contributed by atoms with Gasteiger partial charge in [-0.1, -0.05) is 54.0 Å². The lowest BCUT2D eigenvalue weighted by Gasteiger charge is -2.25. The van der Waals surface area contributed by atoms with Crippen LogP contribution in [0.4, 0.5) is 4.39 Å². The van der Waals surface area contributed by atoms with Crippen molar-refractivity contribution in [2.24, 2.45) is 0 Å². The fourth-order valence-corrected chi connectivity index (χ4v) is 2.48. The maximum atomic E-state index is 13.0. The zero-order valence-electron chi connectivity index (χ0n) is 11.7. The molecule has 0 bridgehead atoms. The first-order chi connectivity index (χ1) is 9.47. The van der Waals surface area contributed by atoms with Crippen LogP contribution in [0.1, 0.15) is 25.0 Å². The Hall–Kier alpha value is -1.19. The van der Waals surface area contributed by atoms with Crippen LogP contribution >= 0.6 is 15.9 Å². The minimum Gasteiger partial charge on any atom is -0.376 e. The van der Waals surface area contributed by atoms with E-state index in [1.54, 1.807) is 0 Å². The summed E-state index contributed by atoms with van der Waals surface area (Å²) in [6, 6.07) is 14.7. The molecule has 106 valence electrons. The van der Waals surface area contributed by atoms with Gasteiger partial charge < -0.3 is 4.74 Å². The first-order valence-corrected chi connectivity index (χ1v) is 7.35. The summed E-state index contributed by atoms with van der Waals surface area (Å²) in [4.78, 5) is 0. The minimum atomic E-state index is -0.209. The van der Waals surface area contributed by atoms with Crippen LogP contribution in [0.25, 0.3) is 0 Å². The van der Waals surface area contributed by atoms with Crippen LogP contribution in [-0.4, -0.2) is 6.61 Å². The summed E-state index contributed by atoms with van der Waals surface area (Å²) >= 11 is 3.45. The number of hydrogen-bond acceptors (Lipinski definition) is 1. The lowest BCUT2D eigenvalue weighted by Crippen LogP contribution is -2.24. The molecule has 3 heteroatoms. The van der Waals surface area contributed by atoms with E-state index < -0.39 is 0 Å². The molecular formula is C17H18BrFO. The molecule has 0 saturated heterocycles. The van der Waals surface area contributed by atoms with E-state index in [1.807, 2.05) is 36.4 Å². The van der Waals surface area contributed by atoms with Crippen LogP contribution in [-0.2, 0) is 16.8 Å². The van der Waals surface area contributed by atoms with Gasteiger partial charge in [-0.05, 0) is 35.4 Å². The van der Waals surface area contributed by atoms with Crippen molar-refractivity contribution in [1.29, 1.82) is 0 Å². The predicted octanol–water partition coefficient (Wildman–Crippen LogP) is 5.08. The Morgan fingerprint density at radius 2 is 1.80 bits per heavy atom. The van der Waals surface area contributed by atoms with Crippen molar-refractivity contribution in [2.45, 2.75) is 25.9 Å². The van der Waals surface area contributed by atoms with Gasteiger partial charge in [-0.3, -0.25) is 0 Å². The van der Waals surface area contributed by atoms with Crippen molar-refractivity contribution >= 4 is 15.9 Å². The third-order valence-corrected chi connectivity index (χ3v) is 3.74. The highest BCUT2D eigenvalue weighted by Gasteiger charge is 2.20. The summed E-state index contributed by atoms with van der Waals surface area (Å²) in [7, 11) is 0. The summed E-state index contributed by atoms with van der Waals surface area (Å²) in [5.74, 6) is -0.209. The molecule has 0 aliphatic rings. The molecule has 2 aromatic rings. The molecule has 0 heterocycles. The number of hydrogen-bond donors (Lipinski definition) is 0. The Kier molecular flexibility index (Phi) is 4.95. The summed E-state index contributed by atoms with van der Waals surface area (Å²) in [5.41, 5.74) is 2.07. The van der Waals surface area contributed by atoms with Crippen LogP contribution in [0, 0.1) is 5.82 Å². The van der Waals surface area contributed by atoms with Gasteiger partial charge in [0.15, 0.2) is 0 Å². The third kappa shape index (κ3) is 4.15. The first kappa shape index (κ1) is 15.2. The van der Waals surface area contributed by atoms with Crippen molar-refractivity contribution in [3.05, 3.63) is 69.9 Å². The number of rotatable bonds is 5. The summed E-state index contributed by atoms with van der Waals surface area (Å²) in [5, 5.41) is 0. The molecule has 0 spiro atoms. The Morgan fingerprint density at radius 1 is 1.10 bits per heavy atom. The molecule has 2 rings (SSSR count). The van der Waals surface area contributed by atoms with Gasteiger partial charge in [-0.2, -0.15) is 0 Å². The van der Waals surface area contributed by atoms with Gasteiger partial charge in [0.25, 0.3) is 0 Å². The molecule has 0 N–H and O–H groups in total. The molecule has 0 amide bonds. The summed E-state index contributed by atoms with van der Waals surface area (Å²) < 4.78 is 19.8. The molecule has 0 atom stereocenters. The SMILES string of the molecule is CC(C)(COCc1cccc(Br)c1)c1ccc(F)cc1. The maximum absolute atomic E-state index is 13.0. The van der Waals surface area contributed by atoms with Gasteiger partial charge >= 0.3 is 0 Å². The average molecular weight is 337 g/mol. The van der Waals surface area contributed by atoms with Gasteiger partial charge in [0.05, 0.1) is 13.2 Å². The highest BCUT2D eigenvalue weighted by atomic mass is 79.9. The molecule has 0 aromatic heterocycles. The van der Waals surface area contributed by atoms with Gasteiger partial charge in [0.1, 0.15) is 5.82 Å². The van der Waals surface area contributed by atoms with E-state index in [0.29, 0.717) is 13.2 Å². The second-order valence-electron chi connectivity index (χ2n) is 5.51. The predicted molar refractivity (Wildman–Crippen MR) is 83.2 cm³/mol. The normalized spacial score (nSPS) is 11.6. The lowest BCUT2D eigenvalue weighted by atomic mass is 9.85. The van der Waals surface area contributed by atoms with Crippen LogP contribution in [0.2, 0.25) is 0 Å². The van der Waals surface area contributed by atoms with E-state index in [1.165, 1.54) is 12.1 Å². The van der Waals surface area contributed by atoms with E-state index in [0.717, 1.165) is 15.6 Å². The largest absolute Gasteiger partial charge is 0.376 e. The standard InChI is InChI=1S/C17H18BrFO/c1-17(2,14-6-8-16(19)9-7-14)12-20-11-13-4-3-5-15(18)10-13/h3-10H,11-12H2,1-2H3. The fraction of sp³-hybridized carbons (Fsp3) is 0.294. The van der Waals surface area contributed by atoms with Crippen molar-refractivity contribution < 1.29 is 9.13 Å². The smallest absolute Gasteiger partial charge is 0.123 e. The molecule has 0 fully saturated rings. The second kappa shape index (κ2) is 6.51. The average Bonchev–Trinajstić information content (AvgIpc) is 2.39. The van der Waals surface area contributed by atoms with Crippen LogP contribution in [0.3, 0.4) is 0 Å². The monoisotopic (exact) mass is 336 g/mol. The topological polar surface area (TPSA) is 9.23 Å². The van der Waals surface area contributed by atoms with Gasteiger partial charge in [0, 0.05) is 9.89 Å². The number of benzene rings is 2. The van der Waals surface area contributed by atoms with Crippen LogP contribution in [0.5, 0.6) is 0 Å². The number of ether oxygens (including phenoxy) is 1. The zero-order valence-corrected chi connectivity index (χ0v) is 13.3. The fourth-order valence-electron chi connectivity index (χ4n) is 2.04. The number of halogens is 2. The van der Waals surface area contributed by atoms with Crippen LogP contribution < -0.4 is 0 Å². The summed E-state index contributed by atoms with van der Waals surface area (Å²) in [6.45, 7) is 5.36. The van der Waals surface area contributed by atoms with E-state index >= 15 is 0 Å². The Labute approximate surface area is 127 Å². The first-order valence-electron chi connectivity index (χ1n) is 6.56. The van der Waals surface area contributed by atoms with Gasteiger partial charge in [-0.15, -0.1) is 0 Å². The highest BCUT2D eigenvalue weighted by Crippen LogP contribution is 2.24. The highest BCUT2D eigenvalue weighted by molar-refractivity contribution is 9.10. The third-order valence-electron chi connectivity index (χ3n) is 3.25. The van der Waals surface area contributed by atoms with Crippen molar-refractivity contribution in [2.75, 3.05) is 6.61 Å². The molecule has 0 saturated carbocycles. The zero-order chi connectivity index (χ0) is 14.6. The molecular weight excluding hydrogens is 319 g/mol. The molecule has 1 nitrogen and oxygen atoms in total. The molecule has 0 aliphatic carbocycles. The lowest BCUT2D eigenvalue weighted by molar-refractivity contribution is 0.0824. The summed E-state index contributed by atoms with van der Waals surface area (Å²) in [6.07, 6.45) is 0. The Morgan fingerprint density at radius 3 is 2.45 bits per heavy atom. The molecule has 2 aromatic carbocycles.